The summed E-state index contributed by atoms with van der Waals surface area (Å²) in [6, 6.07) is 18.9. The standard InChI is InChI=1S/C37H45FN2O6/c1-24-29(16-11-17-32(24)38)33-30(34(41)25-12-9-14-27(20-25)44-5)22-40(19-8-7-18-39-36(43)46-37(2,3)4)23-31(33)35(42)26-13-10-15-28(21-26)45-6/h9-17,20-21,30-31,33H,7-8,18-19,22-23H2,1-6H3,(H,39,43)/t30-,31+,33-. The average molecular weight is 633 g/mol. The number of piperidine rings is 1. The highest BCUT2D eigenvalue weighted by Crippen LogP contribution is 2.43. The zero-order chi connectivity index (χ0) is 33.4. The Kier molecular flexibility index (Phi) is 11.6. The number of nitrogens with one attached hydrogen (secondary N) is 1. The van der Waals surface area contributed by atoms with Crippen LogP contribution < -0.4 is 14.8 Å². The zero-order valence-electron chi connectivity index (χ0n) is 27.6. The number of amides is 1. The maximum absolute atomic E-state index is 15.0. The van der Waals surface area contributed by atoms with Crippen molar-refractivity contribution in [1.29, 1.82) is 0 Å². The van der Waals surface area contributed by atoms with Gasteiger partial charge in [0.2, 0.25) is 0 Å². The van der Waals surface area contributed by atoms with E-state index in [4.69, 9.17) is 14.2 Å². The van der Waals surface area contributed by atoms with E-state index in [2.05, 4.69) is 10.2 Å². The molecule has 0 radical (unpaired) electrons. The number of ketones is 2. The van der Waals surface area contributed by atoms with Crippen molar-refractivity contribution in [3.63, 3.8) is 0 Å². The monoisotopic (exact) mass is 632 g/mol. The quantitative estimate of drug-likeness (QED) is 0.172. The van der Waals surface area contributed by atoms with E-state index in [9.17, 15) is 14.4 Å². The van der Waals surface area contributed by atoms with E-state index in [-0.39, 0.29) is 17.4 Å². The normalized spacial score (nSPS) is 18.5. The van der Waals surface area contributed by atoms with Gasteiger partial charge in [0.05, 0.1) is 14.2 Å². The molecule has 0 unspecified atom stereocenters. The Morgan fingerprint density at radius 1 is 0.848 bits per heavy atom. The third-order valence-electron chi connectivity index (χ3n) is 8.40. The van der Waals surface area contributed by atoms with Crippen molar-refractivity contribution < 1.29 is 33.0 Å². The number of halogens is 1. The maximum atomic E-state index is 15.0. The molecule has 4 rings (SSSR count). The molecule has 1 fully saturated rings. The Morgan fingerprint density at radius 2 is 1.39 bits per heavy atom. The number of likely N-dealkylation sites (tertiary alicyclic amines) is 1. The van der Waals surface area contributed by atoms with Crippen LogP contribution in [-0.2, 0) is 4.74 Å². The molecule has 3 aromatic rings. The van der Waals surface area contributed by atoms with Crippen LogP contribution >= 0.6 is 0 Å². The van der Waals surface area contributed by atoms with Crippen LogP contribution in [0, 0.1) is 24.6 Å². The third-order valence-corrected chi connectivity index (χ3v) is 8.40. The summed E-state index contributed by atoms with van der Waals surface area (Å²) >= 11 is 0. The Morgan fingerprint density at radius 3 is 1.91 bits per heavy atom. The largest absolute Gasteiger partial charge is 0.497 e. The van der Waals surface area contributed by atoms with E-state index in [0.29, 0.717) is 66.4 Å². The molecular weight excluding hydrogens is 587 g/mol. The van der Waals surface area contributed by atoms with Gasteiger partial charge in [-0.3, -0.25) is 9.59 Å². The average Bonchev–Trinajstić information content (AvgIpc) is 3.04. The first-order valence-corrected chi connectivity index (χ1v) is 15.7. The lowest BCUT2D eigenvalue weighted by molar-refractivity contribution is 0.0514. The predicted molar refractivity (Wildman–Crippen MR) is 175 cm³/mol. The second-order valence-electron chi connectivity index (χ2n) is 12.8. The Hall–Kier alpha value is -4.24. The topological polar surface area (TPSA) is 94.2 Å². The molecule has 1 saturated heterocycles. The minimum atomic E-state index is -0.638. The van der Waals surface area contributed by atoms with Crippen molar-refractivity contribution in [3.8, 4) is 11.5 Å². The van der Waals surface area contributed by atoms with Crippen LogP contribution in [0.25, 0.3) is 0 Å². The molecule has 0 bridgehead atoms. The molecular formula is C37H45FN2O6. The van der Waals surface area contributed by atoms with E-state index in [1.165, 1.54) is 6.07 Å². The smallest absolute Gasteiger partial charge is 0.407 e. The second kappa shape index (κ2) is 15.4. The summed E-state index contributed by atoms with van der Waals surface area (Å²) < 4.78 is 31.2. The first-order valence-electron chi connectivity index (χ1n) is 15.7. The first-order chi connectivity index (χ1) is 21.9. The number of ether oxygens (including phenoxy) is 3. The number of methoxy groups -OCH3 is 2. The predicted octanol–water partition coefficient (Wildman–Crippen LogP) is 6.85. The van der Waals surface area contributed by atoms with Gasteiger partial charge in [0.15, 0.2) is 11.6 Å². The molecule has 1 N–H and O–H groups in total. The van der Waals surface area contributed by atoms with E-state index in [0.717, 1.165) is 6.42 Å². The summed E-state index contributed by atoms with van der Waals surface area (Å²) in [4.78, 5) is 43.0. The summed E-state index contributed by atoms with van der Waals surface area (Å²) in [6.07, 6.45) is 0.941. The Bertz CT molecular complexity index is 1460. The molecule has 0 aliphatic carbocycles. The molecule has 0 aromatic heterocycles. The molecule has 0 spiro atoms. The third kappa shape index (κ3) is 8.72. The summed E-state index contributed by atoms with van der Waals surface area (Å²) in [5, 5.41) is 2.79. The van der Waals surface area contributed by atoms with Crippen molar-refractivity contribution in [3.05, 3.63) is 94.8 Å². The fourth-order valence-corrected chi connectivity index (χ4v) is 6.18. The zero-order valence-corrected chi connectivity index (χ0v) is 27.6. The number of carbonyl (C=O) groups is 3. The lowest BCUT2D eigenvalue weighted by atomic mass is 9.67. The van der Waals surface area contributed by atoms with Crippen molar-refractivity contribution in [2.75, 3.05) is 40.4 Å². The van der Waals surface area contributed by atoms with Gasteiger partial charge < -0.3 is 24.4 Å². The van der Waals surface area contributed by atoms with Gasteiger partial charge in [-0.15, -0.1) is 0 Å². The number of hydrogen-bond donors (Lipinski definition) is 1. The van der Waals surface area contributed by atoms with Crippen molar-refractivity contribution in [2.24, 2.45) is 11.8 Å². The molecule has 46 heavy (non-hydrogen) atoms. The van der Waals surface area contributed by atoms with Gasteiger partial charge in [-0.05, 0) is 88.5 Å². The lowest BCUT2D eigenvalue weighted by Gasteiger charge is -2.43. The Balaban J connectivity index is 1.68. The van der Waals surface area contributed by atoms with Gasteiger partial charge >= 0.3 is 6.09 Å². The highest BCUT2D eigenvalue weighted by Gasteiger charge is 2.45. The van der Waals surface area contributed by atoms with Crippen molar-refractivity contribution in [2.45, 2.75) is 52.1 Å². The minimum Gasteiger partial charge on any atom is -0.497 e. The van der Waals surface area contributed by atoms with Crippen LogP contribution in [0.5, 0.6) is 11.5 Å². The number of nitrogens with zero attached hydrogens (tertiary/aromatic N) is 1. The maximum Gasteiger partial charge on any atom is 0.407 e. The summed E-state index contributed by atoms with van der Waals surface area (Å²) in [5.41, 5.74) is 1.45. The highest BCUT2D eigenvalue weighted by molar-refractivity contribution is 6.02. The van der Waals surface area contributed by atoms with Gasteiger partial charge in [0.25, 0.3) is 0 Å². The molecule has 1 aliphatic heterocycles. The lowest BCUT2D eigenvalue weighted by Crippen LogP contribution is -2.50. The number of unbranched alkanes of at least 4 members (excludes halogenated alkanes) is 1. The van der Waals surface area contributed by atoms with Gasteiger partial charge in [-0.1, -0.05) is 36.4 Å². The molecule has 246 valence electrons. The van der Waals surface area contributed by atoms with Crippen molar-refractivity contribution in [1.82, 2.24) is 10.2 Å². The SMILES string of the molecule is COc1cccc(C(=O)[C@H]2CN(CCCCNC(=O)OC(C)(C)C)C[C@@H](C(=O)c3cccc(OC)c3)[C@H]2c2cccc(F)c2C)c1. The summed E-state index contributed by atoms with van der Waals surface area (Å²) in [7, 11) is 3.09. The number of carbonyl (C=O) groups excluding carboxylic acids is 3. The van der Waals surface area contributed by atoms with Crippen LogP contribution in [0.3, 0.4) is 0 Å². The van der Waals surface area contributed by atoms with Gasteiger partial charge in [0.1, 0.15) is 22.9 Å². The number of rotatable bonds is 12. The molecule has 0 saturated carbocycles. The minimum absolute atomic E-state index is 0.132. The van der Waals surface area contributed by atoms with Crippen molar-refractivity contribution >= 4 is 17.7 Å². The fraction of sp³-hybridized carbons (Fsp3) is 0.432. The van der Waals surface area contributed by atoms with Crippen LogP contribution in [0.2, 0.25) is 0 Å². The summed E-state index contributed by atoms with van der Waals surface area (Å²) in [5.74, 6) is -1.38. The number of alkyl carbamates (subject to hydrolysis) is 1. The van der Waals surface area contributed by atoms with E-state index in [1.54, 1.807) is 75.7 Å². The van der Waals surface area contributed by atoms with Gasteiger partial charge in [0, 0.05) is 48.5 Å². The Labute approximate surface area is 271 Å². The first kappa shape index (κ1) is 34.6. The van der Waals surface area contributed by atoms with Crippen LogP contribution in [0.4, 0.5) is 9.18 Å². The number of Topliss-reactive ketones (excluding diaryl/α,β-unsaturated/α-hetero) is 2. The second-order valence-corrected chi connectivity index (χ2v) is 12.8. The molecule has 1 amide bonds. The van der Waals surface area contributed by atoms with Crippen LogP contribution in [0.1, 0.15) is 71.4 Å². The van der Waals surface area contributed by atoms with E-state index in [1.807, 2.05) is 26.8 Å². The molecule has 3 atom stereocenters. The number of hydrogen-bond acceptors (Lipinski definition) is 7. The van der Waals surface area contributed by atoms with E-state index < -0.39 is 29.4 Å². The molecule has 3 aromatic carbocycles. The molecule has 1 aliphatic rings. The van der Waals surface area contributed by atoms with Crippen LogP contribution in [-0.4, -0.2) is 68.6 Å². The molecule has 1 heterocycles. The summed E-state index contributed by atoms with van der Waals surface area (Å²) in [6.45, 7) is 8.96. The van der Waals surface area contributed by atoms with Gasteiger partial charge in [-0.2, -0.15) is 0 Å². The van der Waals surface area contributed by atoms with Crippen LogP contribution in [0.15, 0.2) is 66.7 Å². The molecule has 9 heteroatoms. The number of benzene rings is 3. The fourth-order valence-electron chi connectivity index (χ4n) is 6.18. The highest BCUT2D eigenvalue weighted by atomic mass is 19.1. The molecule has 8 nitrogen and oxygen atoms in total. The van der Waals surface area contributed by atoms with Gasteiger partial charge in [-0.25, -0.2) is 9.18 Å². The van der Waals surface area contributed by atoms with E-state index >= 15 is 4.39 Å².